The number of amides is 1. The number of hydrogen-bond acceptors (Lipinski definition) is 3. The van der Waals surface area contributed by atoms with Crippen LogP contribution in [-0.4, -0.2) is 55.0 Å². The predicted octanol–water partition coefficient (Wildman–Crippen LogP) is 1.69. The molecule has 0 aromatic heterocycles. The molecule has 0 bridgehead atoms. The molecule has 3 aliphatic rings. The van der Waals surface area contributed by atoms with E-state index in [1.54, 1.807) is 0 Å². The molecule has 4 nitrogen and oxygen atoms in total. The maximum atomic E-state index is 12.8. The summed E-state index contributed by atoms with van der Waals surface area (Å²) in [5, 5.41) is 0. The van der Waals surface area contributed by atoms with E-state index < -0.39 is 0 Å². The van der Waals surface area contributed by atoms with Crippen molar-refractivity contribution in [1.82, 2.24) is 9.80 Å². The minimum Gasteiger partial charge on any atom is -0.342 e. The maximum Gasteiger partial charge on any atom is 0.225 e. The first-order chi connectivity index (χ1) is 10.2. The lowest BCUT2D eigenvalue weighted by atomic mass is 9.79. The normalized spacial score (nSPS) is 38.1. The third kappa shape index (κ3) is 3.26. The van der Waals surface area contributed by atoms with E-state index in [4.69, 9.17) is 5.73 Å². The van der Waals surface area contributed by atoms with E-state index in [1.165, 1.54) is 38.6 Å². The lowest BCUT2D eigenvalue weighted by Gasteiger charge is -2.46. The van der Waals surface area contributed by atoms with Crippen LogP contribution in [0.15, 0.2) is 0 Å². The molecule has 1 saturated carbocycles. The van der Waals surface area contributed by atoms with Crippen molar-refractivity contribution in [3.8, 4) is 0 Å². The number of hydrogen-bond donors (Lipinski definition) is 1. The Kier molecular flexibility index (Phi) is 4.85. The molecular formula is C17H31N3O. The van der Waals surface area contributed by atoms with Crippen LogP contribution in [0, 0.1) is 17.8 Å². The maximum absolute atomic E-state index is 12.8. The molecule has 3 fully saturated rings. The zero-order chi connectivity index (χ0) is 14.8. The fraction of sp³-hybridized carbons (Fsp3) is 0.941. The Labute approximate surface area is 129 Å². The first-order valence-corrected chi connectivity index (χ1v) is 8.88. The number of rotatable bonds is 2. The highest BCUT2D eigenvalue weighted by Crippen LogP contribution is 2.33. The van der Waals surface area contributed by atoms with Crippen LogP contribution in [0.1, 0.15) is 44.9 Å². The van der Waals surface area contributed by atoms with Crippen molar-refractivity contribution < 1.29 is 4.79 Å². The summed E-state index contributed by atoms with van der Waals surface area (Å²) in [6.45, 7) is 3.95. The standard InChI is InChI=1S/C17H31N3O/c1-19-8-3-6-15-12-20(9-7-16(15)19)17(21)14-5-2-4-13(10-14)11-18/h13-16H,2-12,18H2,1H3. The second kappa shape index (κ2) is 6.66. The van der Waals surface area contributed by atoms with Gasteiger partial charge in [0, 0.05) is 25.0 Å². The van der Waals surface area contributed by atoms with Crippen LogP contribution in [0.4, 0.5) is 0 Å². The summed E-state index contributed by atoms with van der Waals surface area (Å²) in [5.41, 5.74) is 5.82. The molecule has 4 atom stereocenters. The van der Waals surface area contributed by atoms with Crippen molar-refractivity contribution in [2.24, 2.45) is 23.5 Å². The predicted molar refractivity (Wildman–Crippen MR) is 84.8 cm³/mol. The van der Waals surface area contributed by atoms with Gasteiger partial charge in [-0.2, -0.15) is 0 Å². The lowest BCUT2D eigenvalue weighted by Crippen LogP contribution is -2.55. The number of likely N-dealkylation sites (tertiary alicyclic amines) is 2. The first-order valence-electron chi connectivity index (χ1n) is 8.88. The second-order valence-corrected chi connectivity index (χ2v) is 7.49. The molecule has 1 amide bonds. The molecule has 0 aromatic carbocycles. The molecule has 0 spiro atoms. The van der Waals surface area contributed by atoms with Crippen LogP contribution < -0.4 is 5.73 Å². The average molecular weight is 293 g/mol. The van der Waals surface area contributed by atoms with E-state index in [0.29, 0.717) is 23.8 Å². The summed E-state index contributed by atoms with van der Waals surface area (Å²) in [4.78, 5) is 17.5. The highest BCUT2D eigenvalue weighted by molar-refractivity contribution is 5.79. The molecule has 2 heterocycles. The van der Waals surface area contributed by atoms with Gasteiger partial charge in [0.05, 0.1) is 0 Å². The Hall–Kier alpha value is -0.610. The molecule has 2 saturated heterocycles. The number of carbonyl (C=O) groups is 1. The van der Waals surface area contributed by atoms with Gasteiger partial charge in [0.1, 0.15) is 0 Å². The minimum absolute atomic E-state index is 0.255. The Morgan fingerprint density at radius 2 is 2.00 bits per heavy atom. The number of nitrogens with zero attached hydrogens (tertiary/aromatic N) is 2. The van der Waals surface area contributed by atoms with Crippen LogP contribution in [0.2, 0.25) is 0 Å². The van der Waals surface area contributed by atoms with Gasteiger partial charge in [0.2, 0.25) is 5.91 Å². The Bertz CT molecular complexity index is 373. The van der Waals surface area contributed by atoms with Crippen LogP contribution in [0.25, 0.3) is 0 Å². The number of fused-ring (bicyclic) bond motifs is 1. The number of piperidine rings is 2. The molecule has 4 heteroatoms. The molecule has 3 rings (SSSR count). The van der Waals surface area contributed by atoms with Crippen molar-refractivity contribution in [1.29, 1.82) is 0 Å². The molecule has 21 heavy (non-hydrogen) atoms. The van der Waals surface area contributed by atoms with Gasteiger partial charge in [0.15, 0.2) is 0 Å². The third-order valence-electron chi connectivity index (χ3n) is 6.12. The van der Waals surface area contributed by atoms with Gasteiger partial charge in [-0.25, -0.2) is 0 Å². The topological polar surface area (TPSA) is 49.6 Å². The fourth-order valence-electron chi connectivity index (χ4n) is 4.84. The highest BCUT2D eigenvalue weighted by atomic mass is 16.2. The largest absolute Gasteiger partial charge is 0.342 e. The van der Waals surface area contributed by atoms with Gasteiger partial charge in [-0.15, -0.1) is 0 Å². The third-order valence-corrected chi connectivity index (χ3v) is 6.12. The Balaban J connectivity index is 1.58. The summed E-state index contributed by atoms with van der Waals surface area (Å²) in [6, 6.07) is 0.714. The van der Waals surface area contributed by atoms with Crippen molar-refractivity contribution >= 4 is 5.91 Å². The van der Waals surface area contributed by atoms with E-state index in [9.17, 15) is 4.79 Å². The Morgan fingerprint density at radius 1 is 1.14 bits per heavy atom. The average Bonchev–Trinajstić information content (AvgIpc) is 2.54. The minimum atomic E-state index is 0.255. The van der Waals surface area contributed by atoms with Crippen LogP contribution in [0.5, 0.6) is 0 Å². The molecule has 4 unspecified atom stereocenters. The van der Waals surface area contributed by atoms with Gasteiger partial charge >= 0.3 is 0 Å². The summed E-state index contributed by atoms with van der Waals surface area (Å²) in [5.74, 6) is 1.96. The van der Waals surface area contributed by atoms with Gasteiger partial charge in [-0.05, 0) is 70.5 Å². The molecule has 2 N–H and O–H groups in total. The monoisotopic (exact) mass is 293 g/mol. The SMILES string of the molecule is CN1CCCC2CN(C(=O)C3CCCC(CN)C3)CCC21. The van der Waals surface area contributed by atoms with Gasteiger partial charge in [0.25, 0.3) is 0 Å². The van der Waals surface area contributed by atoms with Crippen molar-refractivity contribution in [3.63, 3.8) is 0 Å². The summed E-state index contributed by atoms with van der Waals surface area (Å²) in [7, 11) is 2.25. The van der Waals surface area contributed by atoms with Crippen LogP contribution in [-0.2, 0) is 4.79 Å². The van der Waals surface area contributed by atoms with Crippen LogP contribution in [0.3, 0.4) is 0 Å². The summed E-state index contributed by atoms with van der Waals surface area (Å²) in [6.07, 6.45) is 8.27. The number of nitrogens with two attached hydrogens (primary N) is 1. The van der Waals surface area contributed by atoms with E-state index in [0.717, 1.165) is 32.5 Å². The quantitative estimate of drug-likeness (QED) is 0.843. The van der Waals surface area contributed by atoms with Crippen molar-refractivity contribution in [2.45, 2.75) is 51.0 Å². The molecule has 0 radical (unpaired) electrons. The van der Waals surface area contributed by atoms with E-state index in [1.807, 2.05) is 0 Å². The zero-order valence-electron chi connectivity index (χ0n) is 13.5. The van der Waals surface area contributed by atoms with Crippen molar-refractivity contribution in [3.05, 3.63) is 0 Å². The number of carbonyl (C=O) groups excluding carboxylic acids is 1. The highest BCUT2D eigenvalue weighted by Gasteiger charge is 2.38. The fourth-order valence-corrected chi connectivity index (χ4v) is 4.84. The summed E-state index contributed by atoms with van der Waals surface area (Å²) >= 11 is 0. The van der Waals surface area contributed by atoms with E-state index >= 15 is 0 Å². The first kappa shape index (κ1) is 15.3. The van der Waals surface area contributed by atoms with Crippen molar-refractivity contribution in [2.75, 3.05) is 33.2 Å². The molecular weight excluding hydrogens is 262 g/mol. The van der Waals surface area contributed by atoms with Gasteiger partial charge in [-0.3, -0.25) is 4.79 Å². The van der Waals surface area contributed by atoms with Crippen LogP contribution >= 0.6 is 0 Å². The van der Waals surface area contributed by atoms with E-state index in [2.05, 4.69) is 16.8 Å². The summed E-state index contributed by atoms with van der Waals surface area (Å²) < 4.78 is 0. The van der Waals surface area contributed by atoms with E-state index in [-0.39, 0.29) is 5.92 Å². The molecule has 120 valence electrons. The molecule has 0 aromatic rings. The van der Waals surface area contributed by atoms with Gasteiger partial charge < -0.3 is 15.5 Å². The second-order valence-electron chi connectivity index (χ2n) is 7.49. The lowest BCUT2D eigenvalue weighted by molar-refractivity contribution is -0.140. The molecule has 2 aliphatic heterocycles. The zero-order valence-corrected chi connectivity index (χ0v) is 13.5. The van der Waals surface area contributed by atoms with Gasteiger partial charge in [-0.1, -0.05) is 6.42 Å². The molecule has 1 aliphatic carbocycles. The smallest absolute Gasteiger partial charge is 0.225 e. The Morgan fingerprint density at radius 3 is 2.81 bits per heavy atom.